The van der Waals surface area contributed by atoms with E-state index < -0.39 is 11.9 Å². The number of carbonyl (C=O) groups is 2. The minimum Gasteiger partial charge on any atom is -0.496 e. The van der Waals surface area contributed by atoms with Crippen molar-refractivity contribution >= 4 is 29.2 Å². The molecular formula is C16H14ClNO5. The van der Waals surface area contributed by atoms with Gasteiger partial charge in [-0.2, -0.15) is 0 Å². The summed E-state index contributed by atoms with van der Waals surface area (Å²) in [5.41, 5.74) is 0.822. The van der Waals surface area contributed by atoms with Crippen LogP contribution < -0.4 is 14.8 Å². The van der Waals surface area contributed by atoms with E-state index in [1.807, 2.05) is 0 Å². The second-order valence-electron chi connectivity index (χ2n) is 4.52. The van der Waals surface area contributed by atoms with Gasteiger partial charge in [-0.15, -0.1) is 0 Å². The number of methoxy groups -OCH3 is 2. The lowest BCUT2D eigenvalue weighted by Crippen LogP contribution is -2.13. The Hall–Kier alpha value is -2.73. The van der Waals surface area contributed by atoms with E-state index in [0.29, 0.717) is 17.2 Å². The van der Waals surface area contributed by atoms with Gasteiger partial charge in [0.05, 0.1) is 30.4 Å². The number of hydrogen-bond acceptors (Lipinski definition) is 4. The molecule has 2 aromatic rings. The van der Waals surface area contributed by atoms with Gasteiger partial charge in [0.2, 0.25) is 0 Å². The summed E-state index contributed by atoms with van der Waals surface area (Å²) in [6.45, 7) is 0. The Morgan fingerprint density at radius 2 is 1.65 bits per heavy atom. The number of carboxylic acid groups (broad SMARTS) is 1. The summed E-state index contributed by atoms with van der Waals surface area (Å²) in [7, 11) is 2.89. The highest BCUT2D eigenvalue weighted by atomic mass is 35.5. The largest absolute Gasteiger partial charge is 0.496 e. The molecule has 6 nitrogen and oxygen atoms in total. The van der Waals surface area contributed by atoms with E-state index in [-0.39, 0.29) is 16.1 Å². The van der Waals surface area contributed by atoms with Crippen LogP contribution in [0, 0.1) is 0 Å². The van der Waals surface area contributed by atoms with Gasteiger partial charge in [-0.25, -0.2) is 4.79 Å². The minimum absolute atomic E-state index is 0.132. The van der Waals surface area contributed by atoms with Crippen LogP contribution >= 0.6 is 11.6 Å². The predicted molar refractivity (Wildman–Crippen MR) is 85.9 cm³/mol. The van der Waals surface area contributed by atoms with Crippen molar-refractivity contribution in [1.82, 2.24) is 0 Å². The van der Waals surface area contributed by atoms with E-state index in [1.54, 1.807) is 0 Å². The number of aromatic carboxylic acids is 1. The number of halogens is 1. The third-order valence-electron chi connectivity index (χ3n) is 3.11. The van der Waals surface area contributed by atoms with E-state index >= 15 is 0 Å². The number of benzene rings is 2. The molecule has 2 aromatic carbocycles. The molecule has 0 aliphatic rings. The van der Waals surface area contributed by atoms with Gasteiger partial charge in [-0.05, 0) is 30.3 Å². The Kier molecular flexibility index (Phi) is 5.08. The molecular weight excluding hydrogens is 322 g/mol. The van der Waals surface area contributed by atoms with Gasteiger partial charge < -0.3 is 19.9 Å². The van der Waals surface area contributed by atoms with Crippen LogP contribution in [0.15, 0.2) is 36.4 Å². The third kappa shape index (κ3) is 3.73. The van der Waals surface area contributed by atoms with Crippen LogP contribution in [0.5, 0.6) is 11.5 Å². The Morgan fingerprint density at radius 1 is 1.04 bits per heavy atom. The van der Waals surface area contributed by atoms with Crippen LogP contribution in [0.1, 0.15) is 20.7 Å². The smallest absolute Gasteiger partial charge is 0.335 e. The SMILES string of the molecule is COc1cc(OC)c(C(=O)Nc2ccc(C(=O)O)cc2)cc1Cl. The first-order chi connectivity index (χ1) is 11.0. The molecule has 0 aliphatic heterocycles. The number of carbonyl (C=O) groups excluding carboxylic acids is 1. The Bertz CT molecular complexity index is 743. The van der Waals surface area contributed by atoms with E-state index in [1.165, 1.54) is 50.6 Å². The molecule has 0 unspecified atom stereocenters. The first-order valence-electron chi connectivity index (χ1n) is 6.52. The van der Waals surface area contributed by atoms with Crippen molar-refractivity contribution in [3.05, 3.63) is 52.5 Å². The molecule has 7 heteroatoms. The molecule has 0 saturated heterocycles. The van der Waals surface area contributed by atoms with Gasteiger partial charge >= 0.3 is 5.97 Å². The number of amides is 1. The molecule has 0 radical (unpaired) electrons. The zero-order chi connectivity index (χ0) is 17.0. The molecule has 0 bridgehead atoms. The molecule has 120 valence electrons. The molecule has 0 aliphatic carbocycles. The highest BCUT2D eigenvalue weighted by Crippen LogP contribution is 2.32. The van der Waals surface area contributed by atoms with Crippen LogP contribution in [0.3, 0.4) is 0 Å². The summed E-state index contributed by atoms with van der Waals surface area (Å²) in [6, 6.07) is 8.76. The highest BCUT2D eigenvalue weighted by Gasteiger charge is 2.16. The van der Waals surface area contributed by atoms with Gasteiger partial charge in [0.25, 0.3) is 5.91 Å². The summed E-state index contributed by atoms with van der Waals surface area (Å²) >= 11 is 6.04. The Morgan fingerprint density at radius 3 is 2.17 bits per heavy atom. The third-order valence-corrected chi connectivity index (χ3v) is 3.40. The summed E-state index contributed by atoms with van der Waals surface area (Å²) < 4.78 is 10.3. The lowest BCUT2D eigenvalue weighted by atomic mass is 10.1. The van der Waals surface area contributed by atoms with Gasteiger partial charge in [0.15, 0.2) is 0 Å². The fraction of sp³-hybridized carbons (Fsp3) is 0.125. The number of ether oxygens (including phenoxy) is 2. The summed E-state index contributed by atoms with van der Waals surface area (Å²) in [6.07, 6.45) is 0. The lowest BCUT2D eigenvalue weighted by molar-refractivity contribution is 0.0696. The standard InChI is InChI=1S/C16H14ClNO5/c1-22-13-8-14(23-2)12(17)7-11(13)15(19)18-10-5-3-9(4-6-10)16(20)21/h3-8H,1-2H3,(H,18,19)(H,20,21). The fourth-order valence-electron chi connectivity index (χ4n) is 1.93. The molecule has 2 rings (SSSR count). The summed E-state index contributed by atoms with van der Waals surface area (Å²) in [4.78, 5) is 23.2. The van der Waals surface area contributed by atoms with Crippen molar-refractivity contribution in [2.24, 2.45) is 0 Å². The number of nitrogens with one attached hydrogen (secondary N) is 1. The number of rotatable bonds is 5. The topological polar surface area (TPSA) is 84.9 Å². The Labute approximate surface area is 137 Å². The van der Waals surface area contributed by atoms with Gasteiger partial charge in [0, 0.05) is 11.8 Å². The minimum atomic E-state index is -1.04. The van der Waals surface area contributed by atoms with Crippen LogP contribution in [0.2, 0.25) is 5.02 Å². The fourth-order valence-corrected chi connectivity index (χ4v) is 2.17. The molecule has 2 N–H and O–H groups in total. The number of carboxylic acids is 1. The number of hydrogen-bond donors (Lipinski definition) is 2. The summed E-state index contributed by atoms with van der Waals surface area (Å²) in [5.74, 6) is -0.766. The van der Waals surface area contributed by atoms with Crippen LogP contribution in [0.4, 0.5) is 5.69 Å². The summed E-state index contributed by atoms with van der Waals surface area (Å²) in [5, 5.41) is 11.8. The second-order valence-corrected chi connectivity index (χ2v) is 4.93. The van der Waals surface area contributed by atoms with Gasteiger partial charge in [0.1, 0.15) is 11.5 Å². The van der Waals surface area contributed by atoms with Crippen LogP contribution in [0.25, 0.3) is 0 Å². The van der Waals surface area contributed by atoms with E-state index in [9.17, 15) is 9.59 Å². The average molecular weight is 336 g/mol. The molecule has 0 fully saturated rings. The first kappa shape index (κ1) is 16.6. The molecule has 0 aromatic heterocycles. The maximum absolute atomic E-state index is 12.4. The molecule has 0 atom stereocenters. The molecule has 0 saturated carbocycles. The first-order valence-corrected chi connectivity index (χ1v) is 6.90. The molecule has 0 heterocycles. The zero-order valence-electron chi connectivity index (χ0n) is 12.4. The highest BCUT2D eigenvalue weighted by molar-refractivity contribution is 6.32. The van der Waals surface area contributed by atoms with Crippen molar-refractivity contribution in [2.45, 2.75) is 0 Å². The van der Waals surface area contributed by atoms with Crippen LogP contribution in [-0.4, -0.2) is 31.2 Å². The molecule has 1 amide bonds. The molecule has 0 spiro atoms. The maximum atomic E-state index is 12.4. The Balaban J connectivity index is 2.26. The van der Waals surface area contributed by atoms with Crippen LogP contribution in [-0.2, 0) is 0 Å². The lowest BCUT2D eigenvalue weighted by Gasteiger charge is -2.12. The second kappa shape index (κ2) is 7.02. The van der Waals surface area contributed by atoms with E-state index in [4.69, 9.17) is 26.2 Å². The average Bonchev–Trinajstić information content (AvgIpc) is 2.55. The van der Waals surface area contributed by atoms with Crippen molar-refractivity contribution in [3.8, 4) is 11.5 Å². The number of anilines is 1. The normalized spacial score (nSPS) is 10.0. The quantitative estimate of drug-likeness (QED) is 0.875. The van der Waals surface area contributed by atoms with Crippen molar-refractivity contribution in [1.29, 1.82) is 0 Å². The maximum Gasteiger partial charge on any atom is 0.335 e. The van der Waals surface area contributed by atoms with Crippen molar-refractivity contribution in [2.75, 3.05) is 19.5 Å². The van der Waals surface area contributed by atoms with E-state index in [0.717, 1.165) is 0 Å². The molecule has 23 heavy (non-hydrogen) atoms. The van der Waals surface area contributed by atoms with Crippen molar-refractivity contribution in [3.63, 3.8) is 0 Å². The predicted octanol–water partition coefficient (Wildman–Crippen LogP) is 3.31. The van der Waals surface area contributed by atoms with Gasteiger partial charge in [-0.1, -0.05) is 11.6 Å². The zero-order valence-corrected chi connectivity index (χ0v) is 13.2. The van der Waals surface area contributed by atoms with Crippen molar-refractivity contribution < 1.29 is 24.2 Å². The van der Waals surface area contributed by atoms with Gasteiger partial charge in [-0.3, -0.25) is 4.79 Å². The van der Waals surface area contributed by atoms with E-state index in [2.05, 4.69) is 5.32 Å². The monoisotopic (exact) mass is 335 g/mol.